The zero-order chi connectivity index (χ0) is 14.7. The number of benzene rings is 1. The molecule has 3 unspecified atom stereocenters. The molecule has 0 bridgehead atoms. The van der Waals surface area contributed by atoms with Crippen LogP contribution in [0.3, 0.4) is 0 Å². The highest BCUT2D eigenvalue weighted by atomic mass is 35.5. The highest BCUT2D eigenvalue weighted by molar-refractivity contribution is 5.85. The molecule has 1 aliphatic heterocycles. The molecule has 0 radical (unpaired) electrons. The van der Waals surface area contributed by atoms with Crippen molar-refractivity contribution >= 4 is 18.3 Å². The Bertz CT molecular complexity index is 483. The molecule has 1 fully saturated rings. The van der Waals surface area contributed by atoms with E-state index in [1.165, 1.54) is 6.07 Å². The number of rotatable bonds is 4. The van der Waals surface area contributed by atoms with Crippen LogP contribution in [-0.4, -0.2) is 29.9 Å². The van der Waals surface area contributed by atoms with Gasteiger partial charge in [0, 0.05) is 19.0 Å². The Labute approximate surface area is 132 Å². The number of hydrogen-bond donors (Lipinski definition) is 1. The van der Waals surface area contributed by atoms with Crippen molar-refractivity contribution in [1.29, 1.82) is 0 Å². The van der Waals surface area contributed by atoms with Crippen LogP contribution in [0.15, 0.2) is 24.3 Å². The van der Waals surface area contributed by atoms with Crippen molar-refractivity contribution in [2.24, 2.45) is 11.7 Å². The van der Waals surface area contributed by atoms with Gasteiger partial charge in [-0.2, -0.15) is 0 Å². The predicted molar refractivity (Wildman–Crippen MR) is 85.0 cm³/mol. The summed E-state index contributed by atoms with van der Waals surface area (Å²) < 4.78 is 13.7. The van der Waals surface area contributed by atoms with Crippen molar-refractivity contribution in [2.75, 3.05) is 13.1 Å². The summed E-state index contributed by atoms with van der Waals surface area (Å²) in [6.45, 7) is 5.32. The van der Waals surface area contributed by atoms with Crippen LogP contribution < -0.4 is 5.73 Å². The molecule has 1 heterocycles. The molecule has 118 valence electrons. The van der Waals surface area contributed by atoms with Crippen molar-refractivity contribution in [3.63, 3.8) is 0 Å². The van der Waals surface area contributed by atoms with Gasteiger partial charge in [0.15, 0.2) is 0 Å². The molecule has 3 atom stereocenters. The second kappa shape index (κ2) is 7.76. The van der Waals surface area contributed by atoms with Crippen LogP contribution in [0.25, 0.3) is 0 Å². The number of halogens is 2. The number of likely N-dealkylation sites (tertiary alicyclic amines) is 1. The smallest absolute Gasteiger partial charge is 0.223 e. The standard InChI is InChI=1S/C16H23FN2O.ClH/c1-11(14-5-3-4-6-15(14)17)7-16(20)19-10-13(9-18)8-12(19)2;/h3-6,11-13H,7-10,18H2,1-2H3;1H. The Balaban J connectivity index is 0.00000220. The van der Waals surface area contributed by atoms with Crippen molar-refractivity contribution in [2.45, 2.75) is 38.6 Å². The molecule has 0 aliphatic carbocycles. The molecule has 3 nitrogen and oxygen atoms in total. The van der Waals surface area contributed by atoms with Gasteiger partial charge in [0.05, 0.1) is 0 Å². The van der Waals surface area contributed by atoms with Gasteiger partial charge < -0.3 is 10.6 Å². The highest BCUT2D eigenvalue weighted by Crippen LogP contribution is 2.27. The average molecular weight is 315 g/mol. The lowest BCUT2D eigenvalue weighted by atomic mass is 9.96. The first-order valence-electron chi connectivity index (χ1n) is 7.26. The molecule has 2 rings (SSSR count). The molecule has 2 N–H and O–H groups in total. The van der Waals surface area contributed by atoms with E-state index in [1.54, 1.807) is 12.1 Å². The number of nitrogens with zero attached hydrogens (tertiary/aromatic N) is 1. The molecular formula is C16H24ClFN2O. The molecule has 5 heteroatoms. The minimum Gasteiger partial charge on any atom is -0.340 e. The van der Waals surface area contributed by atoms with E-state index in [9.17, 15) is 9.18 Å². The van der Waals surface area contributed by atoms with E-state index < -0.39 is 0 Å². The molecule has 0 saturated carbocycles. The molecule has 1 aliphatic rings. The first-order chi connectivity index (χ1) is 9.52. The van der Waals surface area contributed by atoms with Crippen LogP contribution in [0.1, 0.15) is 38.2 Å². The summed E-state index contributed by atoms with van der Waals surface area (Å²) >= 11 is 0. The summed E-state index contributed by atoms with van der Waals surface area (Å²) in [5, 5.41) is 0. The third kappa shape index (κ3) is 4.17. The first kappa shape index (κ1) is 17.9. The maximum Gasteiger partial charge on any atom is 0.223 e. The largest absolute Gasteiger partial charge is 0.340 e. The second-order valence-corrected chi connectivity index (χ2v) is 5.86. The molecule has 1 aromatic carbocycles. The van der Waals surface area contributed by atoms with Gasteiger partial charge in [-0.3, -0.25) is 4.79 Å². The van der Waals surface area contributed by atoms with Gasteiger partial charge in [-0.05, 0) is 43.4 Å². The van der Waals surface area contributed by atoms with E-state index in [-0.39, 0.29) is 36.1 Å². The summed E-state index contributed by atoms with van der Waals surface area (Å²) in [7, 11) is 0. The van der Waals surface area contributed by atoms with Crippen molar-refractivity contribution in [3.05, 3.63) is 35.6 Å². The molecule has 0 spiro atoms. The quantitative estimate of drug-likeness (QED) is 0.928. The second-order valence-electron chi connectivity index (χ2n) is 5.86. The molecular weight excluding hydrogens is 291 g/mol. The van der Waals surface area contributed by atoms with Gasteiger partial charge in [0.2, 0.25) is 5.91 Å². The summed E-state index contributed by atoms with van der Waals surface area (Å²) in [6, 6.07) is 6.91. The molecule has 1 aromatic rings. The third-order valence-corrected chi connectivity index (χ3v) is 4.23. The fourth-order valence-electron chi connectivity index (χ4n) is 3.02. The average Bonchev–Trinajstić information content (AvgIpc) is 2.80. The van der Waals surface area contributed by atoms with Crippen molar-refractivity contribution < 1.29 is 9.18 Å². The van der Waals surface area contributed by atoms with E-state index in [0.717, 1.165) is 13.0 Å². The molecule has 1 saturated heterocycles. The van der Waals surface area contributed by atoms with Gasteiger partial charge >= 0.3 is 0 Å². The van der Waals surface area contributed by atoms with Crippen LogP contribution >= 0.6 is 12.4 Å². The maximum atomic E-state index is 13.7. The zero-order valence-electron chi connectivity index (χ0n) is 12.6. The summed E-state index contributed by atoms with van der Waals surface area (Å²) in [4.78, 5) is 14.3. The number of amides is 1. The van der Waals surface area contributed by atoms with Gasteiger partial charge in [0.1, 0.15) is 5.82 Å². The highest BCUT2D eigenvalue weighted by Gasteiger charge is 2.32. The zero-order valence-corrected chi connectivity index (χ0v) is 13.4. The predicted octanol–water partition coefficient (Wildman–Crippen LogP) is 2.94. The summed E-state index contributed by atoms with van der Waals surface area (Å²) in [6.07, 6.45) is 1.32. The van der Waals surface area contributed by atoms with Crippen LogP contribution in [-0.2, 0) is 4.79 Å². The fourth-order valence-corrected chi connectivity index (χ4v) is 3.02. The lowest BCUT2D eigenvalue weighted by Crippen LogP contribution is -2.35. The van der Waals surface area contributed by atoms with Crippen LogP contribution in [0.4, 0.5) is 4.39 Å². The van der Waals surface area contributed by atoms with Gasteiger partial charge in [0.25, 0.3) is 0 Å². The van der Waals surface area contributed by atoms with E-state index in [2.05, 4.69) is 6.92 Å². The van der Waals surface area contributed by atoms with Crippen molar-refractivity contribution in [3.8, 4) is 0 Å². The lowest BCUT2D eigenvalue weighted by Gasteiger charge is -2.23. The minimum atomic E-state index is -0.234. The van der Waals surface area contributed by atoms with Gasteiger partial charge in [-0.25, -0.2) is 4.39 Å². The van der Waals surface area contributed by atoms with Crippen LogP contribution in [0.5, 0.6) is 0 Å². The summed E-state index contributed by atoms with van der Waals surface area (Å²) in [5.41, 5.74) is 6.30. The topological polar surface area (TPSA) is 46.3 Å². The Morgan fingerprint density at radius 2 is 2.14 bits per heavy atom. The number of nitrogens with two attached hydrogens (primary N) is 1. The molecule has 0 aromatic heterocycles. The van der Waals surface area contributed by atoms with E-state index in [4.69, 9.17) is 5.73 Å². The SMILES string of the molecule is CC(CC(=O)N1CC(CN)CC1C)c1ccccc1F.Cl. The normalized spacial score (nSPS) is 22.8. The number of carbonyl (C=O) groups is 1. The minimum absolute atomic E-state index is 0. The van der Waals surface area contributed by atoms with Crippen LogP contribution in [0, 0.1) is 11.7 Å². The summed E-state index contributed by atoms with van der Waals surface area (Å²) in [5.74, 6) is 0.164. The Hall–Kier alpha value is -1.13. The maximum absolute atomic E-state index is 13.7. The Kier molecular flexibility index (Phi) is 6.62. The van der Waals surface area contributed by atoms with Gasteiger partial charge in [-0.1, -0.05) is 25.1 Å². The first-order valence-corrected chi connectivity index (χ1v) is 7.26. The van der Waals surface area contributed by atoms with E-state index in [1.807, 2.05) is 17.9 Å². The lowest BCUT2D eigenvalue weighted by molar-refractivity contribution is -0.132. The fraction of sp³-hybridized carbons (Fsp3) is 0.562. The number of carbonyl (C=O) groups excluding carboxylic acids is 1. The van der Waals surface area contributed by atoms with Crippen molar-refractivity contribution in [1.82, 2.24) is 4.90 Å². The van der Waals surface area contributed by atoms with E-state index in [0.29, 0.717) is 24.4 Å². The molecule has 1 amide bonds. The van der Waals surface area contributed by atoms with Gasteiger partial charge in [-0.15, -0.1) is 12.4 Å². The monoisotopic (exact) mass is 314 g/mol. The van der Waals surface area contributed by atoms with E-state index >= 15 is 0 Å². The number of hydrogen-bond acceptors (Lipinski definition) is 2. The molecule has 21 heavy (non-hydrogen) atoms. The third-order valence-electron chi connectivity index (χ3n) is 4.23. The Morgan fingerprint density at radius 1 is 1.48 bits per heavy atom. The van der Waals surface area contributed by atoms with Crippen LogP contribution in [0.2, 0.25) is 0 Å². The Morgan fingerprint density at radius 3 is 2.71 bits per heavy atom.